The number of nitrogens with one attached hydrogen (secondary N) is 1. The van der Waals surface area contributed by atoms with Crippen LogP contribution in [0.15, 0.2) is 35.1 Å². The summed E-state index contributed by atoms with van der Waals surface area (Å²) in [5.41, 5.74) is 0.983. The van der Waals surface area contributed by atoms with E-state index in [1.165, 1.54) is 14.2 Å². The molecule has 0 radical (unpaired) electrons. The highest BCUT2D eigenvalue weighted by atomic mass is 16.5. The van der Waals surface area contributed by atoms with Crippen molar-refractivity contribution in [2.45, 2.75) is 6.42 Å². The van der Waals surface area contributed by atoms with Gasteiger partial charge in [0.05, 0.1) is 28.4 Å². The third kappa shape index (κ3) is 3.36. The lowest BCUT2D eigenvalue weighted by Crippen LogP contribution is -2.10. The standard InChI is InChI=1S/C20H21NO6/c1-24-15-6-5-11(8-16(15)25-2)7-14-12-9-17(26-3)18(27-4)10-13(12)19(22)20(23)21-14/h5-6,8-10,22H,7H2,1-4H3,(H,21,23). The Labute approximate surface area is 156 Å². The molecule has 0 spiro atoms. The molecule has 3 rings (SSSR count). The first kappa shape index (κ1) is 18.4. The molecule has 0 amide bonds. The summed E-state index contributed by atoms with van der Waals surface area (Å²) < 4.78 is 21.2. The summed E-state index contributed by atoms with van der Waals surface area (Å²) in [5.74, 6) is 1.80. The van der Waals surface area contributed by atoms with Crippen LogP contribution in [0.4, 0.5) is 0 Å². The van der Waals surface area contributed by atoms with Crippen molar-refractivity contribution in [3.8, 4) is 28.7 Å². The van der Waals surface area contributed by atoms with Gasteiger partial charge in [-0.3, -0.25) is 4.79 Å². The summed E-state index contributed by atoms with van der Waals surface area (Å²) in [5, 5.41) is 11.3. The number of aromatic hydroxyl groups is 1. The number of hydrogen-bond donors (Lipinski definition) is 2. The molecule has 7 nitrogen and oxygen atoms in total. The molecule has 0 aliphatic heterocycles. The van der Waals surface area contributed by atoms with Gasteiger partial charge in [0.2, 0.25) is 0 Å². The zero-order valence-corrected chi connectivity index (χ0v) is 15.6. The zero-order chi connectivity index (χ0) is 19.6. The quantitative estimate of drug-likeness (QED) is 0.693. The van der Waals surface area contributed by atoms with E-state index in [2.05, 4.69) is 4.98 Å². The van der Waals surface area contributed by atoms with E-state index in [0.717, 1.165) is 5.56 Å². The second-order valence-electron chi connectivity index (χ2n) is 5.90. The highest BCUT2D eigenvalue weighted by Gasteiger charge is 2.16. The molecular formula is C20H21NO6. The van der Waals surface area contributed by atoms with Crippen molar-refractivity contribution in [1.29, 1.82) is 0 Å². The Bertz CT molecular complexity index is 1040. The fourth-order valence-electron chi connectivity index (χ4n) is 3.04. The van der Waals surface area contributed by atoms with Gasteiger partial charge in [-0.25, -0.2) is 0 Å². The topological polar surface area (TPSA) is 90.0 Å². The molecular weight excluding hydrogens is 350 g/mol. The Morgan fingerprint density at radius 2 is 1.37 bits per heavy atom. The molecule has 0 fully saturated rings. The minimum atomic E-state index is -0.565. The second-order valence-corrected chi connectivity index (χ2v) is 5.90. The van der Waals surface area contributed by atoms with Crippen LogP contribution in [0, 0.1) is 0 Å². The molecule has 0 saturated carbocycles. The average Bonchev–Trinajstić information content (AvgIpc) is 2.70. The molecule has 3 aromatic rings. The van der Waals surface area contributed by atoms with Crippen molar-refractivity contribution in [1.82, 2.24) is 4.98 Å². The lowest BCUT2D eigenvalue weighted by Gasteiger charge is -2.14. The maximum absolute atomic E-state index is 12.2. The Kier molecular flexibility index (Phi) is 5.12. The van der Waals surface area contributed by atoms with Gasteiger partial charge in [0.1, 0.15) is 0 Å². The Morgan fingerprint density at radius 1 is 0.815 bits per heavy atom. The van der Waals surface area contributed by atoms with Crippen LogP contribution in [0.25, 0.3) is 10.8 Å². The number of benzene rings is 2. The first-order chi connectivity index (χ1) is 13.0. The van der Waals surface area contributed by atoms with Gasteiger partial charge in [-0.1, -0.05) is 6.07 Å². The Balaban J connectivity index is 2.17. The molecule has 2 N–H and O–H groups in total. The number of methoxy groups -OCH3 is 4. The van der Waals surface area contributed by atoms with Crippen molar-refractivity contribution in [2.75, 3.05) is 28.4 Å². The summed E-state index contributed by atoms with van der Waals surface area (Å²) in [4.78, 5) is 14.9. The smallest absolute Gasteiger partial charge is 0.290 e. The van der Waals surface area contributed by atoms with Gasteiger partial charge in [-0.05, 0) is 29.8 Å². The van der Waals surface area contributed by atoms with E-state index in [4.69, 9.17) is 18.9 Å². The maximum atomic E-state index is 12.2. The lowest BCUT2D eigenvalue weighted by molar-refractivity contribution is 0.354. The first-order valence-electron chi connectivity index (χ1n) is 8.23. The Hall–Kier alpha value is -3.35. The molecule has 0 aliphatic carbocycles. The van der Waals surface area contributed by atoms with Crippen LogP contribution in [0.1, 0.15) is 11.3 Å². The van der Waals surface area contributed by atoms with Crippen LogP contribution in [-0.4, -0.2) is 38.5 Å². The summed E-state index contributed by atoms with van der Waals surface area (Å²) >= 11 is 0. The summed E-state index contributed by atoms with van der Waals surface area (Å²) in [6.45, 7) is 0. The summed E-state index contributed by atoms with van der Waals surface area (Å²) in [6, 6.07) is 8.87. The minimum Gasteiger partial charge on any atom is -0.503 e. The van der Waals surface area contributed by atoms with Crippen LogP contribution < -0.4 is 24.5 Å². The molecule has 1 heterocycles. The zero-order valence-electron chi connectivity index (χ0n) is 15.6. The SMILES string of the molecule is COc1ccc(Cc2[nH]c(=O)c(O)c3cc(OC)c(OC)cc23)cc1OC. The van der Waals surface area contributed by atoms with Crippen LogP contribution in [0.3, 0.4) is 0 Å². The monoisotopic (exact) mass is 371 g/mol. The van der Waals surface area contributed by atoms with E-state index in [-0.39, 0.29) is 5.75 Å². The van der Waals surface area contributed by atoms with Crippen molar-refractivity contribution < 1.29 is 24.1 Å². The third-order valence-electron chi connectivity index (χ3n) is 4.41. The Morgan fingerprint density at radius 3 is 1.96 bits per heavy atom. The number of ether oxygens (including phenoxy) is 4. The van der Waals surface area contributed by atoms with E-state index in [0.29, 0.717) is 45.9 Å². The van der Waals surface area contributed by atoms with Gasteiger partial charge in [0.15, 0.2) is 28.7 Å². The van der Waals surface area contributed by atoms with Gasteiger partial charge in [-0.2, -0.15) is 0 Å². The normalized spacial score (nSPS) is 10.7. The number of pyridine rings is 1. The van der Waals surface area contributed by atoms with E-state index in [1.807, 2.05) is 12.1 Å². The number of aromatic nitrogens is 1. The highest BCUT2D eigenvalue weighted by molar-refractivity contribution is 5.92. The number of aromatic amines is 1. The molecule has 2 aromatic carbocycles. The molecule has 0 aliphatic rings. The highest BCUT2D eigenvalue weighted by Crippen LogP contribution is 2.36. The van der Waals surface area contributed by atoms with Gasteiger partial charge >= 0.3 is 0 Å². The van der Waals surface area contributed by atoms with Crippen LogP contribution in [0.2, 0.25) is 0 Å². The first-order valence-corrected chi connectivity index (χ1v) is 8.23. The van der Waals surface area contributed by atoms with Crippen molar-refractivity contribution >= 4 is 10.8 Å². The number of fused-ring (bicyclic) bond motifs is 1. The molecule has 142 valence electrons. The van der Waals surface area contributed by atoms with Crippen LogP contribution in [0.5, 0.6) is 28.7 Å². The lowest BCUT2D eigenvalue weighted by atomic mass is 10.0. The van der Waals surface area contributed by atoms with Crippen molar-refractivity contribution in [3.05, 3.63) is 51.9 Å². The fourth-order valence-corrected chi connectivity index (χ4v) is 3.04. The molecule has 0 atom stereocenters. The van der Waals surface area contributed by atoms with E-state index < -0.39 is 5.56 Å². The molecule has 0 bridgehead atoms. The van der Waals surface area contributed by atoms with Gasteiger partial charge in [0, 0.05) is 22.9 Å². The average molecular weight is 371 g/mol. The predicted octanol–water partition coefficient (Wildman–Crippen LogP) is 2.86. The van der Waals surface area contributed by atoms with Crippen molar-refractivity contribution in [2.24, 2.45) is 0 Å². The minimum absolute atomic E-state index is 0.359. The van der Waals surface area contributed by atoms with Gasteiger partial charge < -0.3 is 29.0 Å². The fraction of sp³-hybridized carbons (Fsp3) is 0.250. The summed E-state index contributed by atoms with van der Waals surface area (Å²) in [7, 11) is 6.17. The third-order valence-corrected chi connectivity index (χ3v) is 4.41. The molecule has 7 heteroatoms. The predicted molar refractivity (Wildman–Crippen MR) is 102 cm³/mol. The van der Waals surface area contributed by atoms with Crippen LogP contribution in [-0.2, 0) is 6.42 Å². The molecule has 27 heavy (non-hydrogen) atoms. The van der Waals surface area contributed by atoms with E-state index in [9.17, 15) is 9.90 Å². The van der Waals surface area contributed by atoms with Crippen LogP contribution >= 0.6 is 0 Å². The molecule has 0 unspecified atom stereocenters. The maximum Gasteiger partial charge on any atom is 0.290 e. The van der Waals surface area contributed by atoms with E-state index in [1.54, 1.807) is 32.4 Å². The van der Waals surface area contributed by atoms with E-state index >= 15 is 0 Å². The number of hydrogen-bond acceptors (Lipinski definition) is 6. The second kappa shape index (κ2) is 7.49. The molecule has 1 aromatic heterocycles. The van der Waals surface area contributed by atoms with Crippen molar-refractivity contribution in [3.63, 3.8) is 0 Å². The number of rotatable bonds is 6. The van der Waals surface area contributed by atoms with Gasteiger partial charge in [0.25, 0.3) is 5.56 Å². The number of H-pyrrole nitrogens is 1. The largest absolute Gasteiger partial charge is 0.503 e. The van der Waals surface area contributed by atoms with Gasteiger partial charge in [-0.15, -0.1) is 0 Å². The summed E-state index contributed by atoms with van der Waals surface area (Å²) in [6.07, 6.45) is 0.419. The molecule has 0 saturated heterocycles.